The van der Waals surface area contributed by atoms with Crippen LogP contribution in [0.5, 0.6) is 0 Å². The van der Waals surface area contributed by atoms with Crippen LogP contribution in [0.2, 0.25) is 0 Å². The highest BCUT2D eigenvalue weighted by Gasteiger charge is 2.18. The molecule has 0 bridgehead atoms. The molecular formula is C18H27NO2. The van der Waals surface area contributed by atoms with Gasteiger partial charge < -0.3 is 9.64 Å². The van der Waals surface area contributed by atoms with Crippen LogP contribution in [0.4, 0.5) is 5.69 Å². The van der Waals surface area contributed by atoms with E-state index in [1.54, 1.807) is 0 Å². The van der Waals surface area contributed by atoms with Gasteiger partial charge in [-0.3, -0.25) is 4.79 Å². The van der Waals surface area contributed by atoms with Crippen molar-refractivity contribution in [3.63, 3.8) is 0 Å². The van der Waals surface area contributed by atoms with Crippen molar-refractivity contribution < 1.29 is 9.53 Å². The van der Waals surface area contributed by atoms with E-state index in [0.717, 1.165) is 12.3 Å². The zero-order valence-corrected chi connectivity index (χ0v) is 13.1. The Morgan fingerprint density at radius 1 is 1.24 bits per heavy atom. The zero-order valence-electron chi connectivity index (χ0n) is 13.1. The fourth-order valence-corrected chi connectivity index (χ4v) is 3.07. The van der Waals surface area contributed by atoms with E-state index >= 15 is 0 Å². The molecule has 0 spiro atoms. The van der Waals surface area contributed by atoms with E-state index in [9.17, 15) is 4.79 Å². The van der Waals surface area contributed by atoms with Crippen LogP contribution in [0.3, 0.4) is 0 Å². The van der Waals surface area contributed by atoms with Crippen molar-refractivity contribution in [3.05, 3.63) is 29.8 Å². The summed E-state index contributed by atoms with van der Waals surface area (Å²) < 4.78 is 4.74. The summed E-state index contributed by atoms with van der Waals surface area (Å²) in [6.07, 6.45) is 7.54. The maximum atomic E-state index is 10.1. The predicted molar refractivity (Wildman–Crippen MR) is 86.6 cm³/mol. The molecule has 1 aliphatic rings. The SMILES string of the molecule is CCCCC1CCN(c2ccc(CCOC=O)cc2)CC1. The first kappa shape index (κ1) is 15.9. The topological polar surface area (TPSA) is 29.5 Å². The Labute approximate surface area is 128 Å². The normalized spacial score (nSPS) is 16.0. The van der Waals surface area contributed by atoms with Gasteiger partial charge in [0.2, 0.25) is 0 Å². The summed E-state index contributed by atoms with van der Waals surface area (Å²) in [4.78, 5) is 12.6. The molecule has 2 rings (SSSR count). The summed E-state index contributed by atoms with van der Waals surface area (Å²) in [6, 6.07) is 8.69. The van der Waals surface area contributed by atoms with E-state index < -0.39 is 0 Å². The third kappa shape index (κ3) is 5.07. The first-order chi connectivity index (χ1) is 10.3. The van der Waals surface area contributed by atoms with Gasteiger partial charge in [-0.05, 0) is 36.5 Å². The van der Waals surface area contributed by atoms with E-state index in [1.165, 1.54) is 56.4 Å². The Bertz CT molecular complexity index is 408. The lowest BCUT2D eigenvalue weighted by atomic mass is 9.91. The Balaban J connectivity index is 1.79. The molecule has 0 aromatic heterocycles. The molecule has 1 fully saturated rings. The van der Waals surface area contributed by atoms with Crippen LogP contribution in [0.15, 0.2) is 24.3 Å². The van der Waals surface area contributed by atoms with Crippen molar-refractivity contribution in [1.82, 2.24) is 0 Å². The van der Waals surface area contributed by atoms with Crippen molar-refractivity contribution in [1.29, 1.82) is 0 Å². The van der Waals surface area contributed by atoms with Crippen LogP contribution in [0.25, 0.3) is 0 Å². The molecule has 21 heavy (non-hydrogen) atoms. The number of hydrogen-bond donors (Lipinski definition) is 0. The first-order valence-corrected chi connectivity index (χ1v) is 8.22. The minimum atomic E-state index is 0.464. The monoisotopic (exact) mass is 289 g/mol. The van der Waals surface area contributed by atoms with Gasteiger partial charge >= 0.3 is 0 Å². The van der Waals surface area contributed by atoms with Crippen molar-refractivity contribution in [2.75, 3.05) is 24.6 Å². The van der Waals surface area contributed by atoms with Crippen molar-refractivity contribution in [2.24, 2.45) is 5.92 Å². The minimum absolute atomic E-state index is 0.464. The molecule has 0 aliphatic carbocycles. The number of unbranched alkanes of at least 4 members (excludes halogenated alkanes) is 1. The zero-order chi connectivity index (χ0) is 14.9. The molecule has 0 amide bonds. The van der Waals surface area contributed by atoms with Crippen LogP contribution in [0.1, 0.15) is 44.6 Å². The molecule has 116 valence electrons. The van der Waals surface area contributed by atoms with Gasteiger partial charge in [-0.1, -0.05) is 38.3 Å². The van der Waals surface area contributed by atoms with E-state index in [1.807, 2.05) is 0 Å². The van der Waals surface area contributed by atoms with E-state index in [0.29, 0.717) is 13.1 Å². The van der Waals surface area contributed by atoms with E-state index in [2.05, 4.69) is 36.1 Å². The smallest absolute Gasteiger partial charge is 0.293 e. The molecule has 1 aromatic carbocycles. The molecule has 1 aliphatic heterocycles. The molecule has 3 heteroatoms. The second-order valence-electron chi connectivity index (χ2n) is 5.96. The molecule has 0 N–H and O–H groups in total. The lowest BCUT2D eigenvalue weighted by Gasteiger charge is -2.33. The standard InChI is InChI=1S/C18H27NO2/c1-2-3-4-16-9-12-19(13-10-16)18-7-5-17(6-8-18)11-14-21-15-20/h5-8,15-16H,2-4,9-14H2,1H3. The fourth-order valence-electron chi connectivity index (χ4n) is 3.07. The van der Waals surface area contributed by atoms with Crippen LogP contribution < -0.4 is 4.90 Å². The highest BCUT2D eigenvalue weighted by atomic mass is 16.5. The average molecular weight is 289 g/mol. The number of anilines is 1. The molecule has 0 unspecified atom stereocenters. The van der Waals surface area contributed by atoms with Crippen LogP contribution in [-0.2, 0) is 16.0 Å². The quantitative estimate of drug-likeness (QED) is 0.538. The Morgan fingerprint density at radius 2 is 1.95 bits per heavy atom. The van der Waals surface area contributed by atoms with Crippen molar-refractivity contribution >= 4 is 12.2 Å². The van der Waals surface area contributed by atoms with Gasteiger partial charge in [0.1, 0.15) is 0 Å². The maximum Gasteiger partial charge on any atom is 0.293 e. The van der Waals surface area contributed by atoms with Crippen molar-refractivity contribution in [3.8, 4) is 0 Å². The molecule has 1 aromatic rings. The summed E-state index contributed by atoms with van der Waals surface area (Å²) in [6.45, 7) is 5.61. The number of hydrogen-bond acceptors (Lipinski definition) is 3. The van der Waals surface area contributed by atoms with E-state index in [-0.39, 0.29) is 0 Å². The van der Waals surface area contributed by atoms with Gasteiger partial charge in [-0.2, -0.15) is 0 Å². The number of nitrogens with zero attached hydrogens (tertiary/aromatic N) is 1. The molecule has 0 saturated carbocycles. The lowest BCUT2D eigenvalue weighted by Crippen LogP contribution is -2.33. The predicted octanol–water partition coefficient (Wildman–Crippen LogP) is 3.81. The van der Waals surface area contributed by atoms with E-state index in [4.69, 9.17) is 4.74 Å². The minimum Gasteiger partial charge on any atom is -0.468 e. The number of piperidine rings is 1. The molecule has 0 radical (unpaired) electrons. The van der Waals surface area contributed by atoms with Gasteiger partial charge in [0, 0.05) is 25.2 Å². The number of rotatable bonds is 8. The van der Waals surface area contributed by atoms with Crippen LogP contribution in [0, 0.1) is 5.92 Å². The number of carbonyl (C=O) groups is 1. The van der Waals surface area contributed by atoms with Crippen LogP contribution in [-0.4, -0.2) is 26.2 Å². The Hall–Kier alpha value is -1.51. The Kier molecular flexibility index (Phi) is 6.58. The van der Waals surface area contributed by atoms with Crippen molar-refractivity contribution in [2.45, 2.75) is 45.4 Å². The summed E-state index contributed by atoms with van der Waals surface area (Å²) >= 11 is 0. The second-order valence-corrected chi connectivity index (χ2v) is 5.96. The summed E-state index contributed by atoms with van der Waals surface area (Å²) in [5, 5.41) is 0. The third-order valence-corrected chi connectivity index (χ3v) is 4.46. The number of ether oxygens (including phenoxy) is 1. The first-order valence-electron chi connectivity index (χ1n) is 8.22. The third-order valence-electron chi connectivity index (χ3n) is 4.46. The number of carbonyl (C=O) groups excluding carboxylic acids is 1. The van der Waals surface area contributed by atoms with Gasteiger partial charge in [0.15, 0.2) is 0 Å². The second kappa shape index (κ2) is 8.71. The van der Waals surface area contributed by atoms with Crippen LogP contribution >= 0.6 is 0 Å². The molecule has 0 atom stereocenters. The molecule has 1 saturated heterocycles. The summed E-state index contributed by atoms with van der Waals surface area (Å²) in [7, 11) is 0. The van der Waals surface area contributed by atoms with Gasteiger partial charge in [-0.25, -0.2) is 0 Å². The largest absolute Gasteiger partial charge is 0.468 e. The fraction of sp³-hybridized carbons (Fsp3) is 0.611. The van der Waals surface area contributed by atoms with Gasteiger partial charge in [0.05, 0.1) is 6.61 Å². The molecular weight excluding hydrogens is 262 g/mol. The number of benzene rings is 1. The van der Waals surface area contributed by atoms with Gasteiger partial charge in [0.25, 0.3) is 6.47 Å². The summed E-state index contributed by atoms with van der Waals surface area (Å²) in [5.74, 6) is 0.931. The van der Waals surface area contributed by atoms with Gasteiger partial charge in [-0.15, -0.1) is 0 Å². The Morgan fingerprint density at radius 3 is 2.57 bits per heavy atom. The molecule has 1 heterocycles. The maximum absolute atomic E-state index is 10.1. The summed E-state index contributed by atoms with van der Waals surface area (Å²) in [5.41, 5.74) is 2.54. The molecule has 3 nitrogen and oxygen atoms in total. The lowest BCUT2D eigenvalue weighted by molar-refractivity contribution is -0.128. The highest BCUT2D eigenvalue weighted by Crippen LogP contribution is 2.26. The average Bonchev–Trinajstić information content (AvgIpc) is 2.54. The highest BCUT2D eigenvalue weighted by molar-refractivity contribution is 5.48.